The fraction of sp³-hybridized carbons (Fsp3) is 0.733. The van der Waals surface area contributed by atoms with E-state index in [4.69, 9.17) is 10.5 Å². The lowest BCUT2D eigenvalue weighted by Crippen LogP contribution is -2.13. The highest BCUT2D eigenvalue weighted by Crippen LogP contribution is 2.38. The second kappa shape index (κ2) is 6.73. The van der Waals surface area contributed by atoms with Gasteiger partial charge < -0.3 is 10.5 Å². The Morgan fingerprint density at radius 2 is 2.11 bits per heavy atom. The van der Waals surface area contributed by atoms with Crippen LogP contribution in [-0.4, -0.2) is 16.1 Å². The topological polar surface area (TPSA) is 61.0 Å². The summed E-state index contributed by atoms with van der Waals surface area (Å²) in [7, 11) is 0. The molecule has 0 spiro atoms. The van der Waals surface area contributed by atoms with Crippen molar-refractivity contribution in [1.29, 1.82) is 0 Å². The van der Waals surface area contributed by atoms with Gasteiger partial charge in [-0.15, -0.1) is 0 Å². The summed E-state index contributed by atoms with van der Waals surface area (Å²) in [5.41, 5.74) is 5.81. The minimum absolute atomic E-state index is 0.193. The van der Waals surface area contributed by atoms with Gasteiger partial charge in [-0.05, 0) is 32.6 Å². The van der Waals surface area contributed by atoms with E-state index in [-0.39, 0.29) is 6.10 Å². The van der Waals surface area contributed by atoms with Crippen LogP contribution < -0.4 is 10.5 Å². The molecule has 106 valence electrons. The number of aromatic nitrogens is 2. The number of hydrogen-bond donors (Lipinski definition) is 1. The van der Waals surface area contributed by atoms with Gasteiger partial charge in [0.15, 0.2) is 0 Å². The molecule has 4 heteroatoms. The smallest absolute Gasteiger partial charge is 0.218 e. The molecule has 1 atom stereocenters. The highest BCUT2D eigenvalue weighted by Gasteiger charge is 2.27. The molecule has 2 rings (SSSR count). The summed E-state index contributed by atoms with van der Waals surface area (Å²) >= 11 is 0. The zero-order valence-electron chi connectivity index (χ0n) is 12.1. The normalized spacial score (nSPS) is 16.3. The number of nitrogens with zero attached hydrogens (tertiary/aromatic N) is 2. The highest BCUT2D eigenvalue weighted by atomic mass is 16.5. The molecule has 1 aliphatic rings. The summed E-state index contributed by atoms with van der Waals surface area (Å²) in [4.78, 5) is 8.74. The van der Waals surface area contributed by atoms with Crippen LogP contribution in [0.25, 0.3) is 0 Å². The number of nitrogens with two attached hydrogens (primary N) is 1. The van der Waals surface area contributed by atoms with Crippen molar-refractivity contribution in [2.75, 3.05) is 5.73 Å². The van der Waals surface area contributed by atoms with Crippen molar-refractivity contribution in [3.63, 3.8) is 0 Å². The first kappa shape index (κ1) is 14.1. The second-order valence-electron chi connectivity index (χ2n) is 5.54. The maximum absolute atomic E-state index is 5.86. The molecule has 19 heavy (non-hydrogen) atoms. The molecular formula is C15H25N3O. The van der Waals surface area contributed by atoms with Crippen LogP contribution in [0.3, 0.4) is 0 Å². The number of rotatable bonds is 8. The monoisotopic (exact) mass is 263 g/mol. The van der Waals surface area contributed by atoms with E-state index < -0.39 is 0 Å². The number of anilines is 1. The van der Waals surface area contributed by atoms with Crippen LogP contribution in [-0.2, 0) is 0 Å². The zero-order valence-corrected chi connectivity index (χ0v) is 12.1. The van der Waals surface area contributed by atoms with Crippen molar-refractivity contribution in [3.8, 4) is 5.88 Å². The predicted molar refractivity (Wildman–Crippen MR) is 77.3 cm³/mol. The molecule has 4 nitrogen and oxygen atoms in total. The minimum Gasteiger partial charge on any atom is -0.475 e. The van der Waals surface area contributed by atoms with Crippen LogP contribution in [0.5, 0.6) is 5.88 Å². The van der Waals surface area contributed by atoms with Crippen LogP contribution in [0.15, 0.2) is 6.07 Å². The van der Waals surface area contributed by atoms with Gasteiger partial charge in [0.05, 0.1) is 6.10 Å². The molecule has 1 saturated carbocycles. The third kappa shape index (κ3) is 4.69. The molecule has 1 aromatic heterocycles. The quantitative estimate of drug-likeness (QED) is 0.727. The van der Waals surface area contributed by atoms with Gasteiger partial charge in [-0.1, -0.05) is 26.2 Å². The van der Waals surface area contributed by atoms with E-state index in [1.54, 1.807) is 6.07 Å². The van der Waals surface area contributed by atoms with Crippen LogP contribution in [0.4, 0.5) is 5.82 Å². The Kier molecular flexibility index (Phi) is 5.00. The van der Waals surface area contributed by atoms with E-state index in [9.17, 15) is 0 Å². The summed E-state index contributed by atoms with van der Waals surface area (Å²) in [6, 6.07) is 1.73. The van der Waals surface area contributed by atoms with Crippen LogP contribution in [0, 0.1) is 0 Å². The van der Waals surface area contributed by atoms with E-state index in [2.05, 4.69) is 23.8 Å². The Balaban J connectivity index is 1.83. The number of hydrogen-bond acceptors (Lipinski definition) is 4. The molecular weight excluding hydrogens is 238 g/mol. The van der Waals surface area contributed by atoms with Crippen molar-refractivity contribution in [2.45, 2.75) is 70.8 Å². The van der Waals surface area contributed by atoms with Crippen LogP contribution in [0.1, 0.15) is 70.5 Å². The predicted octanol–water partition coefficient (Wildman–Crippen LogP) is 3.67. The van der Waals surface area contributed by atoms with E-state index in [1.807, 2.05) is 0 Å². The highest BCUT2D eigenvalue weighted by molar-refractivity contribution is 5.34. The van der Waals surface area contributed by atoms with Gasteiger partial charge >= 0.3 is 0 Å². The summed E-state index contributed by atoms with van der Waals surface area (Å²) in [6.07, 6.45) is 8.68. The summed E-state index contributed by atoms with van der Waals surface area (Å²) in [6.45, 7) is 4.32. The lowest BCUT2D eigenvalue weighted by molar-refractivity contribution is 0.197. The molecule has 0 radical (unpaired) electrons. The summed E-state index contributed by atoms with van der Waals surface area (Å²) < 4.78 is 5.86. The average Bonchev–Trinajstić information content (AvgIpc) is 3.18. The Bertz CT molecular complexity index is 404. The Morgan fingerprint density at radius 1 is 1.32 bits per heavy atom. The fourth-order valence-electron chi connectivity index (χ4n) is 2.17. The molecule has 1 aromatic rings. The maximum Gasteiger partial charge on any atom is 0.218 e. The van der Waals surface area contributed by atoms with E-state index in [0.717, 1.165) is 12.2 Å². The van der Waals surface area contributed by atoms with Gasteiger partial charge in [-0.25, -0.2) is 4.98 Å². The summed E-state index contributed by atoms with van der Waals surface area (Å²) in [5, 5.41) is 0. The molecule has 0 saturated heterocycles. The van der Waals surface area contributed by atoms with Crippen molar-refractivity contribution < 1.29 is 4.74 Å². The molecule has 0 aliphatic heterocycles. The van der Waals surface area contributed by atoms with E-state index >= 15 is 0 Å². The molecule has 0 amide bonds. The number of ether oxygens (including phenoxy) is 1. The largest absolute Gasteiger partial charge is 0.475 e. The van der Waals surface area contributed by atoms with Crippen molar-refractivity contribution in [3.05, 3.63) is 11.9 Å². The molecule has 0 aromatic carbocycles. The zero-order chi connectivity index (χ0) is 13.7. The van der Waals surface area contributed by atoms with Gasteiger partial charge in [0.2, 0.25) is 5.88 Å². The molecule has 0 bridgehead atoms. The first-order chi connectivity index (χ1) is 9.19. The summed E-state index contributed by atoms with van der Waals surface area (Å²) in [5.74, 6) is 2.52. The number of unbranched alkanes of at least 4 members (excludes halogenated alkanes) is 3. The van der Waals surface area contributed by atoms with Gasteiger partial charge in [0.1, 0.15) is 11.6 Å². The van der Waals surface area contributed by atoms with Crippen molar-refractivity contribution in [2.24, 2.45) is 0 Å². The van der Waals surface area contributed by atoms with Crippen molar-refractivity contribution in [1.82, 2.24) is 9.97 Å². The SMILES string of the molecule is CCCCCCC(C)Oc1cc(N)nc(C2CC2)n1. The van der Waals surface area contributed by atoms with Crippen molar-refractivity contribution >= 4 is 5.82 Å². The maximum atomic E-state index is 5.86. The first-order valence-electron chi connectivity index (χ1n) is 7.50. The second-order valence-corrected chi connectivity index (χ2v) is 5.54. The number of nitrogen functional groups attached to an aromatic ring is 1. The molecule has 1 aliphatic carbocycles. The van der Waals surface area contributed by atoms with Gasteiger partial charge in [0.25, 0.3) is 0 Å². The Hall–Kier alpha value is -1.32. The Labute approximate surface area is 115 Å². The fourth-order valence-corrected chi connectivity index (χ4v) is 2.17. The third-order valence-corrected chi connectivity index (χ3v) is 3.47. The lowest BCUT2D eigenvalue weighted by atomic mass is 10.1. The molecule has 1 unspecified atom stereocenters. The molecule has 1 fully saturated rings. The van der Waals surface area contributed by atoms with Crippen LogP contribution in [0.2, 0.25) is 0 Å². The third-order valence-electron chi connectivity index (χ3n) is 3.47. The van der Waals surface area contributed by atoms with E-state index in [1.165, 1.54) is 38.5 Å². The Morgan fingerprint density at radius 3 is 2.79 bits per heavy atom. The lowest BCUT2D eigenvalue weighted by Gasteiger charge is -2.14. The van der Waals surface area contributed by atoms with Gasteiger partial charge in [-0.3, -0.25) is 0 Å². The first-order valence-corrected chi connectivity index (χ1v) is 7.50. The standard InChI is InChI=1S/C15H25N3O/c1-3-4-5-6-7-11(2)19-14-10-13(16)17-15(18-14)12-8-9-12/h10-12H,3-9H2,1-2H3,(H2,16,17,18). The van der Waals surface area contributed by atoms with Gasteiger partial charge in [-0.2, -0.15) is 4.98 Å². The molecule has 2 N–H and O–H groups in total. The molecule has 1 heterocycles. The van der Waals surface area contributed by atoms with Crippen LogP contribution >= 0.6 is 0 Å². The minimum atomic E-state index is 0.193. The average molecular weight is 263 g/mol. The van der Waals surface area contributed by atoms with Gasteiger partial charge in [0, 0.05) is 12.0 Å². The van der Waals surface area contributed by atoms with E-state index in [0.29, 0.717) is 17.6 Å².